The van der Waals surface area contributed by atoms with Crippen LogP contribution in [0.5, 0.6) is 0 Å². The third kappa shape index (κ3) is 10.4. The average Bonchev–Trinajstić information content (AvgIpc) is 2.31. The molecule has 0 aromatic heterocycles. The van der Waals surface area contributed by atoms with E-state index in [1.807, 2.05) is 0 Å². The molecule has 1 N–H and O–H groups in total. The fourth-order valence-electron chi connectivity index (χ4n) is 1.97. The normalized spacial score (nSPS) is 12.9. The zero-order valence-corrected chi connectivity index (χ0v) is 11.6. The molecule has 0 bridgehead atoms. The van der Waals surface area contributed by atoms with E-state index in [2.05, 4.69) is 26.2 Å². The maximum Gasteiger partial charge on any atom is 0.0480 e. The van der Waals surface area contributed by atoms with Gasteiger partial charge in [-0.1, -0.05) is 45.4 Å². The molecule has 0 heterocycles. The van der Waals surface area contributed by atoms with Crippen LogP contribution >= 0.6 is 0 Å². The molecule has 1 atom stereocenters. The molecule has 0 aliphatic rings. The van der Waals surface area contributed by atoms with Crippen LogP contribution in [0.1, 0.15) is 65.2 Å². The van der Waals surface area contributed by atoms with E-state index in [0.29, 0.717) is 6.04 Å². The monoisotopic (exact) mass is 229 g/mol. The van der Waals surface area contributed by atoms with Gasteiger partial charge in [-0.25, -0.2) is 0 Å². The summed E-state index contributed by atoms with van der Waals surface area (Å²) in [6, 6.07) is 0.651. The summed E-state index contributed by atoms with van der Waals surface area (Å²) in [4.78, 5) is 0. The number of hydrogen-bond donors (Lipinski definition) is 1. The first-order chi connectivity index (χ1) is 7.85. The second-order valence-electron chi connectivity index (χ2n) is 4.53. The van der Waals surface area contributed by atoms with Crippen molar-refractivity contribution in [3.05, 3.63) is 0 Å². The molecular formula is C14H31NO. The van der Waals surface area contributed by atoms with Gasteiger partial charge in [0.25, 0.3) is 0 Å². The first-order valence-electron chi connectivity index (χ1n) is 7.10. The highest BCUT2D eigenvalue weighted by Gasteiger charge is 2.04. The Morgan fingerprint density at radius 2 is 1.62 bits per heavy atom. The molecule has 1 unspecified atom stereocenters. The van der Waals surface area contributed by atoms with Crippen LogP contribution in [0.3, 0.4) is 0 Å². The van der Waals surface area contributed by atoms with Crippen molar-refractivity contribution in [1.29, 1.82) is 0 Å². The number of rotatable bonds is 12. The molecule has 98 valence electrons. The predicted octanol–water partition coefficient (Wildman–Crippen LogP) is 3.75. The summed E-state index contributed by atoms with van der Waals surface area (Å²) in [5.41, 5.74) is 0. The minimum atomic E-state index is 0.651. The van der Waals surface area contributed by atoms with Crippen molar-refractivity contribution in [3.8, 4) is 0 Å². The molecule has 0 rings (SSSR count). The fraction of sp³-hybridized carbons (Fsp3) is 1.00. The molecule has 0 radical (unpaired) electrons. The largest absolute Gasteiger partial charge is 0.382 e. The van der Waals surface area contributed by atoms with E-state index in [1.165, 1.54) is 44.9 Å². The lowest BCUT2D eigenvalue weighted by atomic mass is 10.0. The van der Waals surface area contributed by atoms with Gasteiger partial charge in [0.1, 0.15) is 0 Å². The van der Waals surface area contributed by atoms with Crippen molar-refractivity contribution >= 4 is 0 Å². The quantitative estimate of drug-likeness (QED) is 0.515. The number of unbranched alkanes of at least 4 members (excludes halogenated alkanes) is 5. The lowest BCUT2D eigenvalue weighted by Crippen LogP contribution is -2.26. The zero-order chi connectivity index (χ0) is 12.1. The van der Waals surface area contributed by atoms with E-state index in [0.717, 1.165) is 19.6 Å². The first kappa shape index (κ1) is 15.9. The van der Waals surface area contributed by atoms with Crippen LogP contribution in [0.2, 0.25) is 0 Å². The van der Waals surface area contributed by atoms with Crippen LogP contribution < -0.4 is 5.32 Å². The molecule has 0 fully saturated rings. The summed E-state index contributed by atoms with van der Waals surface area (Å²) in [7, 11) is 2.06. The molecule has 2 nitrogen and oxygen atoms in total. The maximum absolute atomic E-state index is 5.39. The Morgan fingerprint density at radius 1 is 0.938 bits per heavy atom. The summed E-state index contributed by atoms with van der Waals surface area (Å²) in [5.74, 6) is 0. The van der Waals surface area contributed by atoms with Gasteiger partial charge in [0, 0.05) is 19.3 Å². The van der Waals surface area contributed by atoms with E-state index in [-0.39, 0.29) is 0 Å². The van der Waals surface area contributed by atoms with Gasteiger partial charge in [-0.2, -0.15) is 0 Å². The molecule has 0 aromatic rings. The molecular weight excluding hydrogens is 198 g/mol. The standard InChI is InChI=1S/C14H31NO/c1-4-6-7-8-9-10-11-14(15-3)12-13-16-5-2/h14-15H,4-13H2,1-3H3. The van der Waals surface area contributed by atoms with Gasteiger partial charge in [0.05, 0.1) is 0 Å². The number of hydrogen-bond acceptors (Lipinski definition) is 2. The van der Waals surface area contributed by atoms with E-state index in [1.54, 1.807) is 0 Å². The molecule has 16 heavy (non-hydrogen) atoms. The summed E-state index contributed by atoms with van der Waals surface area (Å²) in [5, 5.41) is 3.38. The SMILES string of the molecule is CCCCCCCCC(CCOCC)NC. The number of nitrogens with one attached hydrogen (secondary N) is 1. The second-order valence-corrected chi connectivity index (χ2v) is 4.53. The third-order valence-electron chi connectivity index (χ3n) is 3.13. The van der Waals surface area contributed by atoms with Gasteiger partial charge in [-0.05, 0) is 26.8 Å². The van der Waals surface area contributed by atoms with Gasteiger partial charge in [0.15, 0.2) is 0 Å². The van der Waals surface area contributed by atoms with Crippen LogP contribution in [0, 0.1) is 0 Å². The Kier molecular flexibility index (Phi) is 12.9. The Bertz CT molecular complexity index is 128. The van der Waals surface area contributed by atoms with Crippen LogP contribution in [0.4, 0.5) is 0 Å². The zero-order valence-electron chi connectivity index (χ0n) is 11.6. The van der Waals surface area contributed by atoms with Crippen LogP contribution in [0.15, 0.2) is 0 Å². The average molecular weight is 229 g/mol. The van der Waals surface area contributed by atoms with E-state index in [9.17, 15) is 0 Å². The Hall–Kier alpha value is -0.0800. The van der Waals surface area contributed by atoms with E-state index < -0.39 is 0 Å². The molecule has 2 heteroatoms. The molecule has 0 aliphatic carbocycles. The number of ether oxygens (including phenoxy) is 1. The maximum atomic E-state index is 5.39. The Labute approximate surface area is 102 Å². The van der Waals surface area contributed by atoms with Crippen molar-refractivity contribution in [2.45, 2.75) is 71.3 Å². The first-order valence-corrected chi connectivity index (χ1v) is 7.10. The van der Waals surface area contributed by atoms with Crippen molar-refractivity contribution in [1.82, 2.24) is 5.32 Å². The van der Waals surface area contributed by atoms with Gasteiger partial charge >= 0.3 is 0 Å². The molecule has 0 aromatic carbocycles. The summed E-state index contributed by atoms with van der Waals surface area (Å²) in [6.45, 7) is 6.07. The summed E-state index contributed by atoms with van der Waals surface area (Å²) >= 11 is 0. The molecule has 0 aliphatic heterocycles. The van der Waals surface area contributed by atoms with Gasteiger partial charge < -0.3 is 10.1 Å². The topological polar surface area (TPSA) is 21.3 Å². The van der Waals surface area contributed by atoms with Crippen LogP contribution in [0.25, 0.3) is 0 Å². The van der Waals surface area contributed by atoms with Crippen LogP contribution in [-0.4, -0.2) is 26.3 Å². The van der Waals surface area contributed by atoms with E-state index in [4.69, 9.17) is 4.74 Å². The lowest BCUT2D eigenvalue weighted by molar-refractivity contribution is 0.136. The smallest absolute Gasteiger partial charge is 0.0480 e. The van der Waals surface area contributed by atoms with Gasteiger partial charge in [-0.15, -0.1) is 0 Å². The Morgan fingerprint density at radius 3 is 2.25 bits per heavy atom. The van der Waals surface area contributed by atoms with Crippen molar-refractivity contribution in [3.63, 3.8) is 0 Å². The highest BCUT2D eigenvalue weighted by Crippen LogP contribution is 2.10. The van der Waals surface area contributed by atoms with Crippen molar-refractivity contribution < 1.29 is 4.74 Å². The highest BCUT2D eigenvalue weighted by atomic mass is 16.5. The molecule has 0 saturated heterocycles. The summed E-state index contributed by atoms with van der Waals surface area (Å²) < 4.78 is 5.39. The lowest BCUT2D eigenvalue weighted by Gasteiger charge is -2.15. The van der Waals surface area contributed by atoms with Crippen molar-refractivity contribution in [2.75, 3.05) is 20.3 Å². The second kappa shape index (κ2) is 13.0. The third-order valence-corrected chi connectivity index (χ3v) is 3.13. The molecule has 0 amide bonds. The van der Waals surface area contributed by atoms with Gasteiger partial charge in [0.2, 0.25) is 0 Å². The highest BCUT2D eigenvalue weighted by molar-refractivity contribution is 4.64. The minimum absolute atomic E-state index is 0.651. The molecule has 0 spiro atoms. The van der Waals surface area contributed by atoms with Crippen LogP contribution in [-0.2, 0) is 4.74 Å². The minimum Gasteiger partial charge on any atom is -0.382 e. The predicted molar refractivity (Wildman–Crippen MR) is 72.0 cm³/mol. The summed E-state index contributed by atoms with van der Waals surface area (Å²) in [6.07, 6.45) is 10.8. The Balaban J connectivity index is 3.26. The van der Waals surface area contributed by atoms with Gasteiger partial charge in [-0.3, -0.25) is 0 Å². The molecule has 0 saturated carbocycles. The van der Waals surface area contributed by atoms with E-state index >= 15 is 0 Å². The fourth-order valence-corrected chi connectivity index (χ4v) is 1.97. The van der Waals surface area contributed by atoms with Crippen molar-refractivity contribution in [2.24, 2.45) is 0 Å².